The number of aromatic nitrogens is 2. The summed E-state index contributed by atoms with van der Waals surface area (Å²) in [5.74, 6) is -0.160. The molecule has 43 heavy (non-hydrogen) atoms. The monoisotopic (exact) mass is 606 g/mol. The van der Waals surface area contributed by atoms with Crippen molar-refractivity contribution in [2.24, 2.45) is 5.92 Å². The maximum atomic E-state index is 13.2. The summed E-state index contributed by atoms with van der Waals surface area (Å²) in [5, 5.41) is 16.9. The number of urea groups is 1. The molecule has 12 nitrogen and oxygen atoms in total. The number of H-pyrrole nitrogens is 1. The van der Waals surface area contributed by atoms with Crippen LogP contribution in [0.2, 0.25) is 0 Å². The van der Waals surface area contributed by atoms with Gasteiger partial charge in [0.15, 0.2) is 0 Å². The van der Waals surface area contributed by atoms with Crippen LogP contribution in [0.25, 0.3) is 11.0 Å². The fourth-order valence-electron chi connectivity index (χ4n) is 5.55. The van der Waals surface area contributed by atoms with Crippen LogP contribution in [-0.2, 0) is 16.4 Å². The summed E-state index contributed by atoms with van der Waals surface area (Å²) in [6.45, 7) is 3.28. The standard InChI is InChI=1S/C30H34N6O6S/c37-25-18-22(7-4-12-32-30(39)36-15-13-31-14-16-36)42-28(38)27(25)26(19-10-11-19)20-5-3-6-21(17-20)35-43(40,41)29-33-23-8-1-2-9-24(23)34-29/h1-3,5-6,8-9,17-19,26,31,35,37H,4,7,10-16H2,(H,32,39)(H,33,34). The highest BCUT2D eigenvalue weighted by Crippen LogP contribution is 2.48. The number of aromatic hydroxyl groups is 1. The van der Waals surface area contributed by atoms with Crippen molar-refractivity contribution in [2.45, 2.75) is 36.8 Å². The largest absolute Gasteiger partial charge is 0.507 e. The third kappa shape index (κ3) is 6.52. The van der Waals surface area contributed by atoms with E-state index >= 15 is 0 Å². The van der Waals surface area contributed by atoms with Crippen molar-refractivity contribution in [1.82, 2.24) is 25.5 Å². The predicted octanol–water partition coefficient (Wildman–Crippen LogP) is 3.11. The van der Waals surface area contributed by atoms with Gasteiger partial charge in [-0.25, -0.2) is 14.6 Å². The summed E-state index contributed by atoms with van der Waals surface area (Å²) in [4.78, 5) is 34.3. The Labute approximate surface area is 248 Å². The first-order valence-electron chi connectivity index (χ1n) is 14.5. The molecule has 2 amide bonds. The summed E-state index contributed by atoms with van der Waals surface area (Å²) < 4.78 is 34.4. The molecule has 0 radical (unpaired) electrons. The third-order valence-electron chi connectivity index (χ3n) is 7.82. The van der Waals surface area contributed by atoms with Crippen LogP contribution in [0.15, 0.2) is 69.0 Å². The number of benzene rings is 2. The van der Waals surface area contributed by atoms with Crippen molar-refractivity contribution in [1.29, 1.82) is 0 Å². The molecule has 1 unspecified atom stereocenters. The van der Waals surface area contributed by atoms with E-state index in [-0.39, 0.29) is 28.4 Å². The summed E-state index contributed by atoms with van der Waals surface area (Å²) in [5.41, 5.74) is 1.69. The molecule has 1 saturated heterocycles. The molecule has 6 rings (SSSR count). The van der Waals surface area contributed by atoms with E-state index < -0.39 is 21.6 Å². The second kappa shape index (κ2) is 12.1. The van der Waals surface area contributed by atoms with E-state index in [1.807, 2.05) is 6.07 Å². The number of aryl methyl sites for hydroxylation is 1. The molecule has 4 aromatic rings. The van der Waals surface area contributed by atoms with Crippen molar-refractivity contribution in [2.75, 3.05) is 37.4 Å². The highest BCUT2D eigenvalue weighted by Gasteiger charge is 2.37. The molecule has 2 aromatic carbocycles. The number of para-hydroxylation sites is 2. The molecular formula is C30H34N6O6S. The lowest BCUT2D eigenvalue weighted by Crippen LogP contribution is -2.50. The summed E-state index contributed by atoms with van der Waals surface area (Å²) in [6.07, 6.45) is 2.65. The smallest absolute Gasteiger partial charge is 0.343 e. The summed E-state index contributed by atoms with van der Waals surface area (Å²) in [7, 11) is -4.01. The molecule has 1 aliphatic heterocycles. The van der Waals surface area contributed by atoms with Crippen LogP contribution in [0.4, 0.5) is 10.5 Å². The minimum Gasteiger partial charge on any atom is -0.507 e. The minimum atomic E-state index is -4.01. The van der Waals surface area contributed by atoms with Crippen LogP contribution in [-0.4, -0.2) is 67.1 Å². The molecule has 2 fully saturated rings. The molecule has 0 bridgehead atoms. The lowest BCUT2D eigenvalue weighted by molar-refractivity contribution is 0.190. The van der Waals surface area contributed by atoms with Crippen LogP contribution < -0.4 is 21.0 Å². The first-order valence-corrected chi connectivity index (χ1v) is 15.9. The van der Waals surface area contributed by atoms with E-state index in [4.69, 9.17) is 4.42 Å². The van der Waals surface area contributed by atoms with Crippen molar-refractivity contribution >= 4 is 32.8 Å². The van der Waals surface area contributed by atoms with Gasteiger partial charge in [0.1, 0.15) is 11.5 Å². The number of hydrogen-bond donors (Lipinski definition) is 5. The SMILES string of the molecule is O=C(NCCCc1cc(O)c(C(c2cccc(NS(=O)(=O)c3nc4ccccc4[nH]3)c2)C2CC2)c(=O)o1)N1CCNCC1. The van der Waals surface area contributed by atoms with E-state index in [2.05, 4.69) is 25.3 Å². The number of carbonyl (C=O) groups is 1. The van der Waals surface area contributed by atoms with Crippen molar-refractivity contribution < 1.29 is 22.7 Å². The lowest BCUT2D eigenvalue weighted by atomic mass is 9.87. The topological polar surface area (TPSA) is 170 Å². The number of fused-ring (bicyclic) bond motifs is 1. The first kappa shape index (κ1) is 28.7. The Morgan fingerprint density at radius 2 is 1.91 bits per heavy atom. The molecular weight excluding hydrogens is 572 g/mol. The Morgan fingerprint density at radius 3 is 2.65 bits per heavy atom. The molecule has 2 aromatic heterocycles. The molecule has 5 N–H and O–H groups in total. The van der Waals surface area contributed by atoms with Crippen molar-refractivity contribution in [3.63, 3.8) is 0 Å². The Balaban J connectivity index is 1.16. The number of sulfonamides is 1. The van der Waals surface area contributed by atoms with Gasteiger partial charge in [-0.2, -0.15) is 8.42 Å². The van der Waals surface area contributed by atoms with Gasteiger partial charge >= 0.3 is 11.7 Å². The molecule has 13 heteroatoms. The number of nitrogens with one attached hydrogen (secondary N) is 4. The Kier molecular flexibility index (Phi) is 8.08. The second-order valence-electron chi connectivity index (χ2n) is 11.0. The number of imidazole rings is 1. The van der Waals surface area contributed by atoms with Crippen LogP contribution >= 0.6 is 0 Å². The zero-order valence-corrected chi connectivity index (χ0v) is 24.3. The van der Waals surface area contributed by atoms with E-state index in [1.54, 1.807) is 47.4 Å². The highest BCUT2D eigenvalue weighted by molar-refractivity contribution is 7.92. The number of aromatic amines is 1. The van der Waals surface area contributed by atoms with E-state index in [0.717, 1.165) is 25.9 Å². The molecule has 0 spiro atoms. The van der Waals surface area contributed by atoms with Crippen LogP contribution in [0.5, 0.6) is 5.75 Å². The van der Waals surface area contributed by atoms with Gasteiger partial charge in [0.05, 0.1) is 16.6 Å². The summed E-state index contributed by atoms with van der Waals surface area (Å²) >= 11 is 0. The zero-order chi connectivity index (χ0) is 30.0. The lowest BCUT2D eigenvalue weighted by Gasteiger charge is -2.27. The quantitative estimate of drug-likeness (QED) is 0.172. The minimum absolute atomic E-state index is 0.113. The number of nitrogens with zero attached hydrogens (tertiary/aromatic N) is 2. The van der Waals surface area contributed by atoms with Crippen LogP contribution in [0.1, 0.15) is 42.1 Å². The molecule has 1 atom stereocenters. The fourth-order valence-corrected chi connectivity index (χ4v) is 6.54. The first-order chi connectivity index (χ1) is 20.8. The van der Waals surface area contributed by atoms with Gasteiger partial charge in [0.25, 0.3) is 10.0 Å². The number of carbonyl (C=O) groups excluding carboxylic acids is 1. The average Bonchev–Trinajstić information content (AvgIpc) is 3.73. The molecule has 3 heterocycles. The van der Waals surface area contributed by atoms with Crippen molar-refractivity contribution in [3.05, 3.63) is 81.9 Å². The fraction of sp³-hybridized carbons (Fsp3) is 0.367. The van der Waals surface area contributed by atoms with E-state index in [9.17, 15) is 23.1 Å². The molecule has 1 saturated carbocycles. The highest BCUT2D eigenvalue weighted by atomic mass is 32.2. The van der Waals surface area contributed by atoms with Crippen molar-refractivity contribution in [3.8, 4) is 5.75 Å². The van der Waals surface area contributed by atoms with Gasteiger partial charge in [0.2, 0.25) is 5.16 Å². The van der Waals surface area contributed by atoms with Gasteiger partial charge < -0.3 is 30.0 Å². The predicted molar refractivity (Wildman–Crippen MR) is 161 cm³/mol. The zero-order valence-electron chi connectivity index (χ0n) is 23.5. The number of anilines is 1. The maximum Gasteiger partial charge on any atom is 0.343 e. The Morgan fingerprint density at radius 1 is 1.12 bits per heavy atom. The number of hydrogen-bond acceptors (Lipinski definition) is 8. The van der Waals surface area contributed by atoms with Gasteiger partial charge in [-0.15, -0.1) is 0 Å². The number of rotatable bonds is 10. The molecule has 1 aliphatic carbocycles. The second-order valence-corrected chi connectivity index (χ2v) is 12.6. The van der Waals surface area contributed by atoms with Gasteiger partial charge in [-0.3, -0.25) is 4.72 Å². The van der Waals surface area contributed by atoms with Crippen LogP contribution in [0.3, 0.4) is 0 Å². The van der Waals surface area contributed by atoms with Gasteiger partial charge in [0, 0.05) is 56.8 Å². The third-order valence-corrected chi connectivity index (χ3v) is 9.03. The van der Waals surface area contributed by atoms with E-state index in [0.29, 0.717) is 60.5 Å². The number of piperazine rings is 1. The van der Waals surface area contributed by atoms with Gasteiger partial charge in [-0.05, 0) is 55.0 Å². The Bertz CT molecular complexity index is 1760. The Hall–Kier alpha value is -4.36. The van der Waals surface area contributed by atoms with E-state index in [1.165, 1.54) is 6.07 Å². The van der Waals surface area contributed by atoms with Crippen LogP contribution in [0, 0.1) is 5.92 Å². The molecule has 226 valence electrons. The number of amides is 2. The summed E-state index contributed by atoms with van der Waals surface area (Å²) in [6, 6.07) is 15.2. The normalized spacial score (nSPS) is 16.2. The molecule has 2 aliphatic rings. The van der Waals surface area contributed by atoms with Gasteiger partial charge in [-0.1, -0.05) is 24.3 Å². The maximum absolute atomic E-state index is 13.2. The average molecular weight is 607 g/mol.